The van der Waals surface area contributed by atoms with E-state index in [-0.39, 0.29) is 29.2 Å². The highest BCUT2D eigenvalue weighted by Gasteiger charge is 2.39. The van der Waals surface area contributed by atoms with Crippen molar-refractivity contribution in [2.24, 2.45) is 0 Å². The molecule has 11 heteroatoms. The van der Waals surface area contributed by atoms with E-state index >= 15 is 0 Å². The van der Waals surface area contributed by atoms with Crippen molar-refractivity contribution in [1.82, 2.24) is 19.7 Å². The number of nitriles is 1. The molecule has 5 rings (SSSR count). The summed E-state index contributed by atoms with van der Waals surface area (Å²) in [7, 11) is 0. The van der Waals surface area contributed by atoms with Crippen LogP contribution in [0.4, 0.5) is 20.3 Å². The van der Waals surface area contributed by atoms with Crippen LogP contribution in [0.15, 0.2) is 73.2 Å². The van der Waals surface area contributed by atoms with E-state index in [2.05, 4.69) is 20.4 Å². The van der Waals surface area contributed by atoms with Gasteiger partial charge in [-0.15, -0.1) is 0 Å². The lowest BCUT2D eigenvalue weighted by atomic mass is 10.1. The second-order valence-corrected chi connectivity index (χ2v) is 8.46. The molecule has 2 amide bonds. The van der Waals surface area contributed by atoms with Crippen LogP contribution in [-0.4, -0.2) is 37.6 Å². The predicted molar refractivity (Wildman–Crippen MR) is 129 cm³/mol. The minimum Gasteiger partial charge on any atom is -0.322 e. The van der Waals surface area contributed by atoms with Gasteiger partial charge in [0.1, 0.15) is 11.4 Å². The van der Waals surface area contributed by atoms with Crippen LogP contribution >= 0.6 is 0 Å². The lowest BCUT2D eigenvalue weighted by molar-refractivity contribution is 0.0376. The topological polar surface area (TPSA) is 117 Å². The number of halogens is 2. The Morgan fingerprint density at radius 3 is 2.59 bits per heavy atom. The van der Waals surface area contributed by atoms with Crippen LogP contribution in [0.1, 0.15) is 44.6 Å². The van der Waals surface area contributed by atoms with Crippen LogP contribution in [0.2, 0.25) is 0 Å². The van der Waals surface area contributed by atoms with Crippen LogP contribution in [0.3, 0.4) is 0 Å². The average Bonchev–Trinajstić information content (AvgIpc) is 3.34. The first-order valence-electron chi connectivity index (χ1n) is 11.3. The third-order valence-corrected chi connectivity index (χ3v) is 5.98. The quantitative estimate of drug-likeness (QED) is 0.444. The number of hydrogen-bond donors (Lipinski definition) is 1. The number of amides is 2. The molecule has 1 atom stereocenters. The van der Waals surface area contributed by atoms with Gasteiger partial charge in [0.05, 0.1) is 48.4 Å². The highest BCUT2D eigenvalue weighted by molar-refractivity contribution is 6.15. The zero-order valence-electron chi connectivity index (χ0n) is 19.5. The zero-order chi connectivity index (χ0) is 26.2. The van der Waals surface area contributed by atoms with Gasteiger partial charge in [0, 0.05) is 11.3 Å². The van der Waals surface area contributed by atoms with Crippen LogP contribution in [-0.2, 0) is 12.5 Å². The summed E-state index contributed by atoms with van der Waals surface area (Å²) in [5.74, 6) is -4.44. The Morgan fingerprint density at radius 1 is 1.11 bits per heavy atom. The third kappa shape index (κ3) is 4.29. The monoisotopic (exact) mass is 499 g/mol. The Kier molecular flexibility index (Phi) is 5.93. The molecule has 184 valence electrons. The fourth-order valence-corrected chi connectivity index (χ4v) is 4.16. The van der Waals surface area contributed by atoms with Crippen molar-refractivity contribution in [3.8, 4) is 6.07 Å². The number of anilines is 2. The second kappa shape index (κ2) is 9.23. The van der Waals surface area contributed by atoms with Gasteiger partial charge in [-0.25, -0.2) is 9.97 Å². The normalized spacial score (nSPS) is 15.1. The van der Waals surface area contributed by atoms with Crippen LogP contribution < -0.4 is 10.2 Å². The van der Waals surface area contributed by atoms with Gasteiger partial charge in [-0.05, 0) is 25.1 Å². The van der Waals surface area contributed by atoms with Crippen molar-refractivity contribution < 1.29 is 18.4 Å². The Hall–Kier alpha value is -4.98. The standard InChI is InChI=1S/C26H19F2N7O2/c1-16-15-34-23(20(12-32-34)24(36)33-19-9-5-6-17(10-19)11-29)25(37)35(16)22-14-30-21(13-31-22)26(27,28)18-7-3-2-4-8-18/h2-10,12-14,16H,15H2,1H3,(H,33,36)/t16-/m0/s1. The highest BCUT2D eigenvalue weighted by Crippen LogP contribution is 2.34. The van der Waals surface area contributed by atoms with E-state index in [1.165, 1.54) is 46.1 Å². The number of hydrogen-bond acceptors (Lipinski definition) is 6. The molecule has 0 radical (unpaired) electrons. The van der Waals surface area contributed by atoms with E-state index in [4.69, 9.17) is 5.26 Å². The lowest BCUT2D eigenvalue weighted by Gasteiger charge is -2.33. The molecular weight excluding hydrogens is 480 g/mol. The molecule has 9 nitrogen and oxygen atoms in total. The number of nitrogens with one attached hydrogen (secondary N) is 1. The fraction of sp³-hybridized carbons (Fsp3) is 0.154. The van der Waals surface area contributed by atoms with E-state index in [0.29, 0.717) is 11.3 Å². The van der Waals surface area contributed by atoms with Crippen molar-refractivity contribution in [3.63, 3.8) is 0 Å². The number of nitrogens with zero attached hydrogens (tertiary/aromatic N) is 6. The summed E-state index contributed by atoms with van der Waals surface area (Å²) in [6, 6.07) is 15.2. The van der Waals surface area contributed by atoms with Crippen molar-refractivity contribution >= 4 is 23.3 Å². The maximum absolute atomic E-state index is 14.9. The summed E-state index contributed by atoms with van der Waals surface area (Å²) < 4.78 is 31.2. The van der Waals surface area contributed by atoms with Gasteiger partial charge in [-0.2, -0.15) is 19.1 Å². The molecule has 3 heterocycles. The molecule has 1 aliphatic rings. The summed E-state index contributed by atoms with van der Waals surface area (Å²) in [6.45, 7) is 2.01. The largest absolute Gasteiger partial charge is 0.322 e. The van der Waals surface area contributed by atoms with Crippen molar-refractivity contribution in [3.05, 3.63) is 101 Å². The minimum absolute atomic E-state index is 0.0319. The molecule has 2 aromatic carbocycles. The fourth-order valence-electron chi connectivity index (χ4n) is 4.16. The molecule has 37 heavy (non-hydrogen) atoms. The summed E-state index contributed by atoms with van der Waals surface area (Å²) in [6.07, 6.45) is 3.37. The number of carbonyl (C=O) groups is 2. The van der Waals surface area contributed by atoms with Gasteiger partial charge in [0.15, 0.2) is 5.82 Å². The first-order valence-corrected chi connectivity index (χ1v) is 11.3. The van der Waals surface area contributed by atoms with Crippen molar-refractivity contribution in [2.75, 3.05) is 10.2 Å². The Balaban J connectivity index is 1.42. The molecule has 0 aliphatic carbocycles. The van der Waals surface area contributed by atoms with Crippen molar-refractivity contribution in [2.45, 2.75) is 25.4 Å². The van der Waals surface area contributed by atoms with Gasteiger partial charge >= 0.3 is 5.92 Å². The molecule has 1 N–H and O–H groups in total. The van der Waals surface area contributed by atoms with Gasteiger partial charge in [0.25, 0.3) is 11.8 Å². The third-order valence-electron chi connectivity index (χ3n) is 5.98. The number of alkyl halides is 2. The van der Waals surface area contributed by atoms with Crippen LogP contribution in [0, 0.1) is 11.3 Å². The summed E-state index contributed by atoms with van der Waals surface area (Å²) in [5.41, 5.74) is 0.0460. The zero-order valence-corrected chi connectivity index (χ0v) is 19.5. The molecule has 1 aliphatic heterocycles. The molecule has 0 bridgehead atoms. The number of benzene rings is 2. The van der Waals surface area contributed by atoms with E-state index in [1.807, 2.05) is 6.07 Å². The summed E-state index contributed by atoms with van der Waals surface area (Å²) in [5, 5.41) is 15.9. The summed E-state index contributed by atoms with van der Waals surface area (Å²) in [4.78, 5) is 35.8. The first-order chi connectivity index (χ1) is 17.8. The van der Waals surface area contributed by atoms with Crippen LogP contribution in [0.25, 0.3) is 0 Å². The molecular formula is C26H19F2N7O2. The minimum atomic E-state index is -3.36. The Bertz CT molecular complexity index is 1530. The van der Waals surface area contributed by atoms with Crippen molar-refractivity contribution in [1.29, 1.82) is 5.26 Å². The molecule has 2 aromatic heterocycles. The van der Waals surface area contributed by atoms with Gasteiger partial charge in [-0.1, -0.05) is 36.4 Å². The number of fused-ring (bicyclic) bond motifs is 1. The molecule has 0 saturated heterocycles. The number of carbonyl (C=O) groups excluding carboxylic acids is 2. The number of aromatic nitrogens is 4. The van der Waals surface area contributed by atoms with E-state index < -0.39 is 29.5 Å². The SMILES string of the molecule is C[C@H]1Cn2ncc(C(=O)Nc3cccc(C#N)c3)c2C(=O)N1c1cnc(C(F)(F)c2ccccc2)cn1. The second-order valence-electron chi connectivity index (χ2n) is 8.46. The maximum Gasteiger partial charge on any atom is 0.316 e. The van der Waals surface area contributed by atoms with E-state index in [9.17, 15) is 18.4 Å². The molecule has 0 spiro atoms. The molecule has 0 saturated carbocycles. The lowest BCUT2D eigenvalue weighted by Crippen LogP contribution is -2.48. The molecule has 4 aromatic rings. The molecule has 0 fully saturated rings. The predicted octanol–water partition coefficient (Wildman–Crippen LogP) is 3.99. The van der Waals surface area contributed by atoms with E-state index in [1.54, 1.807) is 31.2 Å². The molecule has 0 unspecified atom stereocenters. The Labute approximate surface area is 210 Å². The smallest absolute Gasteiger partial charge is 0.316 e. The Morgan fingerprint density at radius 2 is 1.89 bits per heavy atom. The van der Waals surface area contributed by atoms with Crippen LogP contribution in [0.5, 0.6) is 0 Å². The maximum atomic E-state index is 14.9. The van der Waals surface area contributed by atoms with Gasteiger partial charge in [0.2, 0.25) is 0 Å². The van der Waals surface area contributed by atoms with Gasteiger partial charge < -0.3 is 5.32 Å². The first kappa shape index (κ1) is 23.7. The average molecular weight is 499 g/mol. The summed E-state index contributed by atoms with van der Waals surface area (Å²) >= 11 is 0. The highest BCUT2D eigenvalue weighted by atomic mass is 19.3. The van der Waals surface area contributed by atoms with Gasteiger partial charge in [-0.3, -0.25) is 19.2 Å². The number of rotatable bonds is 5. The van der Waals surface area contributed by atoms with E-state index in [0.717, 1.165) is 12.4 Å².